The van der Waals surface area contributed by atoms with Gasteiger partial charge in [-0.1, -0.05) is 44.4 Å². The summed E-state index contributed by atoms with van der Waals surface area (Å²) in [5.74, 6) is 0.295. The second-order valence-corrected chi connectivity index (χ2v) is 8.32. The molecule has 6 nitrogen and oxygen atoms in total. The van der Waals surface area contributed by atoms with Gasteiger partial charge in [0.25, 0.3) is 5.91 Å². The average Bonchev–Trinajstić information content (AvgIpc) is 3.18. The molecular weight excluding hydrogens is 372 g/mol. The molecule has 150 valence electrons. The van der Waals surface area contributed by atoms with Gasteiger partial charge in [-0.25, -0.2) is 0 Å². The van der Waals surface area contributed by atoms with Gasteiger partial charge in [-0.05, 0) is 49.9 Å². The summed E-state index contributed by atoms with van der Waals surface area (Å²) >= 11 is 1.47. The Balaban J connectivity index is 1.57. The fourth-order valence-electron chi connectivity index (χ4n) is 3.58. The highest BCUT2D eigenvalue weighted by Crippen LogP contribution is 2.35. The van der Waals surface area contributed by atoms with Gasteiger partial charge in [0.05, 0.1) is 0 Å². The van der Waals surface area contributed by atoms with Crippen LogP contribution in [0.5, 0.6) is 0 Å². The second-order valence-electron chi connectivity index (χ2n) is 7.31. The first kappa shape index (κ1) is 20.5. The SMILES string of the molecule is CCC(CC)C(=O)Nc1ccc(C(=O)Nc2nnc(C3CCCCC3)s2)cc1. The van der Waals surface area contributed by atoms with Gasteiger partial charge in [0.2, 0.25) is 11.0 Å². The Bertz CT molecular complexity index is 793. The maximum absolute atomic E-state index is 12.5. The predicted molar refractivity (Wildman–Crippen MR) is 113 cm³/mol. The minimum Gasteiger partial charge on any atom is -0.326 e. The summed E-state index contributed by atoms with van der Waals surface area (Å²) in [6, 6.07) is 6.92. The maximum atomic E-state index is 12.5. The molecule has 0 saturated heterocycles. The average molecular weight is 401 g/mol. The van der Waals surface area contributed by atoms with E-state index in [2.05, 4.69) is 20.8 Å². The van der Waals surface area contributed by atoms with E-state index in [1.54, 1.807) is 24.3 Å². The number of carbonyl (C=O) groups excluding carboxylic acids is 2. The standard InChI is InChI=1S/C21H28N4O2S/c1-3-14(4-2)18(26)22-17-12-10-15(11-13-17)19(27)23-21-25-24-20(28-21)16-8-6-5-7-9-16/h10-14,16H,3-9H2,1-2H3,(H,22,26)(H,23,25,27). The first-order valence-corrected chi connectivity index (χ1v) is 11.0. The summed E-state index contributed by atoms with van der Waals surface area (Å²) in [5, 5.41) is 15.7. The molecule has 28 heavy (non-hydrogen) atoms. The summed E-state index contributed by atoms with van der Waals surface area (Å²) < 4.78 is 0. The van der Waals surface area contributed by atoms with Gasteiger partial charge >= 0.3 is 0 Å². The zero-order valence-corrected chi connectivity index (χ0v) is 17.3. The molecule has 3 rings (SSSR count). The molecule has 7 heteroatoms. The number of rotatable bonds is 7. The third-order valence-corrected chi connectivity index (χ3v) is 6.39. The Morgan fingerprint density at radius 2 is 1.71 bits per heavy atom. The van der Waals surface area contributed by atoms with Crippen LogP contribution in [0.3, 0.4) is 0 Å². The van der Waals surface area contributed by atoms with Crippen LogP contribution >= 0.6 is 11.3 Å². The van der Waals surface area contributed by atoms with Crippen LogP contribution in [0.4, 0.5) is 10.8 Å². The lowest BCUT2D eigenvalue weighted by Gasteiger charge is -2.18. The van der Waals surface area contributed by atoms with E-state index in [0.29, 0.717) is 22.3 Å². The first-order chi connectivity index (χ1) is 13.6. The zero-order valence-electron chi connectivity index (χ0n) is 16.5. The van der Waals surface area contributed by atoms with Crippen LogP contribution in [0.1, 0.15) is 80.1 Å². The minimum absolute atomic E-state index is 0.0127. The van der Waals surface area contributed by atoms with Crippen LogP contribution in [0.15, 0.2) is 24.3 Å². The monoisotopic (exact) mass is 400 g/mol. The van der Waals surface area contributed by atoms with E-state index in [4.69, 9.17) is 0 Å². The number of hydrogen-bond donors (Lipinski definition) is 2. The van der Waals surface area contributed by atoms with Crippen molar-refractivity contribution < 1.29 is 9.59 Å². The van der Waals surface area contributed by atoms with Crippen molar-refractivity contribution in [1.29, 1.82) is 0 Å². The van der Waals surface area contributed by atoms with Crippen molar-refractivity contribution in [2.75, 3.05) is 10.6 Å². The fourth-order valence-corrected chi connectivity index (χ4v) is 4.49. The lowest BCUT2D eigenvalue weighted by molar-refractivity contribution is -0.120. The highest BCUT2D eigenvalue weighted by atomic mass is 32.1. The van der Waals surface area contributed by atoms with Crippen LogP contribution in [0.25, 0.3) is 0 Å². The van der Waals surface area contributed by atoms with Gasteiger partial charge in [-0.15, -0.1) is 10.2 Å². The zero-order chi connectivity index (χ0) is 19.9. The van der Waals surface area contributed by atoms with Crippen molar-refractivity contribution in [2.45, 2.75) is 64.7 Å². The van der Waals surface area contributed by atoms with Crippen molar-refractivity contribution in [3.8, 4) is 0 Å². The molecule has 1 saturated carbocycles. The summed E-state index contributed by atoms with van der Waals surface area (Å²) in [7, 11) is 0. The topological polar surface area (TPSA) is 84.0 Å². The van der Waals surface area contributed by atoms with Crippen molar-refractivity contribution in [1.82, 2.24) is 10.2 Å². The Hall–Kier alpha value is -2.28. The Morgan fingerprint density at radius 3 is 2.36 bits per heavy atom. The van der Waals surface area contributed by atoms with Gasteiger partial charge in [0.1, 0.15) is 5.01 Å². The molecular formula is C21H28N4O2S. The number of aromatic nitrogens is 2. The molecule has 1 aliphatic rings. The largest absolute Gasteiger partial charge is 0.326 e. The van der Waals surface area contributed by atoms with Crippen molar-refractivity contribution in [3.63, 3.8) is 0 Å². The number of benzene rings is 1. The summed E-state index contributed by atoms with van der Waals surface area (Å²) in [6.07, 6.45) is 7.73. The van der Waals surface area contributed by atoms with Crippen molar-refractivity contribution >= 4 is 34.0 Å². The van der Waals surface area contributed by atoms with Gasteiger partial charge in [0, 0.05) is 23.1 Å². The smallest absolute Gasteiger partial charge is 0.257 e. The van der Waals surface area contributed by atoms with Crippen molar-refractivity contribution in [2.24, 2.45) is 5.92 Å². The van der Waals surface area contributed by atoms with Crippen LogP contribution in [-0.2, 0) is 4.79 Å². The van der Waals surface area contributed by atoms with Crippen LogP contribution in [0, 0.1) is 5.92 Å². The molecule has 0 radical (unpaired) electrons. The Labute approximate surface area is 170 Å². The normalized spacial score (nSPS) is 14.8. The molecule has 0 atom stereocenters. The van der Waals surface area contributed by atoms with E-state index in [1.165, 1.54) is 30.6 Å². The van der Waals surface area contributed by atoms with Crippen LogP contribution < -0.4 is 10.6 Å². The van der Waals surface area contributed by atoms with E-state index in [9.17, 15) is 9.59 Å². The molecule has 0 bridgehead atoms. The third kappa shape index (κ3) is 5.16. The Morgan fingerprint density at radius 1 is 1.04 bits per heavy atom. The molecule has 0 spiro atoms. The highest BCUT2D eigenvalue weighted by Gasteiger charge is 2.20. The van der Waals surface area contributed by atoms with Gasteiger partial charge in [-0.3, -0.25) is 14.9 Å². The molecule has 1 aliphatic carbocycles. The quantitative estimate of drug-likeness (QED) is 0.668. The molecule has 2 amide bonds. The predicted octanol–water partition coefficient (Wildman–Crippen LogP) is 5.21. The number of nitrogens with one attached hydrogen (secondary N) is 2. The summed E-state index contributed by atoms with van der Waals surface area (Å²) in [5.41, 5.74) is 1.22. The lowest BCUT2D eigenvalue weighted by Crippen LogP contribution is -2.21. The maximum Gasteiger partial charge on any atom is 0.257 e. The highest BCUT2D eigenvalue weighted by molar-refractivity contribution is 7.15. The van der Waals surface area contributed by atoms with E-state index >= 15 is 0 Å². The lowest BCUT2D eigenvalue weighted by atomic mass is 9.90. The molecule has 0 aliphatic heterocycles. The molecule has 2 N–H and O–H groups in total. The summed E-state index contributed by atoms with van der Waals surface area (Å²) in [6.45, 7) is 4.02. The number of hydrogen-bond acceptors (Lipinski definition) is 5. The van der Waals surface area contributed by atoms with Gasteiger partial charge in [-0.2, -0.15) is 0 Å². The Kier molecular flexibility index (Phi) is 7.14. The number of carbonyl (C=O) groups is 2. The van der Waals surface area contributed by atoms with E-state index in [-0.39, 0.29) is 17.7 Å². The van der Waals surface area contributed by atoms with E-state index < -0.39 is 0 Å². The number of amides is 2. The molecule has 1 aromatic carbocycles. The first-order valence-electron chi connectivity index (χ1n) is 10.2. The van der Waals surface area contributed by atoms with E-state index in [0.717, 1.165) is 30.7 Å². The molecule has 1 heterocycles. The van der Waals surface area contributed by atoms with Crippen LogP contribution in [0.2, 0.25) is 0 Å². The molecule has 1 aromatic heterocycles. The van der Waals surface area contributed by atoms with Crippen molar-refractivity contribution in [3.05, 3.63) is 34.8 Å². The van der Waals surface area contributed by atoms with Gasteiger partial charge < -0.3 is 5.32 Å². The number of nitrogens with zero attached hydrogens (tertiary/aromatic N) is 2. The number of anilines is 2. The fraction of sp³-hybridized carbons (Fsp3) is 0.524. The third-order valence-electron chi connectivity index (χ3n) is 5.39. The van der Waals surface area contributed by atoms with E-state index in [1.807, 2.05) is 13.8 Å². The second kappa shape index (κ2) is 9.78. The molecule has 0 unspecified atom stereocenters. The molecule has 1 fully saturated rings. The minimum atomic E-state index is -0.218. The van der Waals surface area contributed by atoms with Gasteiger partial charge in [0.15, 0.2) is 0 Å². The van der Waals surface area contributed by atoms with Crippen LogP contribution in [-0.4, -0.2) is 22.0 Å². The molecule has 2 aromatic rings. The summed E-state index contributed by atoms with van der Waals surface area (Å²) in [4.78, 5) is 24.6.